The van der Waals surface area contributed by atoms with Gasteiger partial charge in [-0.15, -0.1) is 0 Å². The number of carbonyl (C=O) groups excluding carboxylic acids is 1. The molecule has 0 bridgehead atoms. The van der Waals surface area contributed by atoms with Gasteiger partial charge >= 0.3 is 0 Å². The molecule has 3 heteroatoms. The fourth-order valence-corrected chi connectivity index (χ4v) is 2.80. The minimum atomic E-state index is 0.0787. The fraction of sp³-hybridized carbons (Fsp3) is 0.938. The molecule has 1 amide bonds. The standard InChI is InChI=1S/C16H32N2O/c1-5-7-11-14-16(19)18(15(6-2)17-14)12-9-8-10-13(3)4/h13-15,17H,5-12H2,1-4H3. The molecule has 1 N–H and O–H groups in total. The van der Waals surface area contributed by atoms with E-state index in [0.29, 0.717) is 5.91 Å². The Bertz CT molecular complexity index is 265. The fourth-order valence-electron chi connectivity index (χ4n) is 2.80. The quantitative estimate of drug-likeness (QED) is 0.649. The number of nitrogens with one attached hydrogen (secondary N) is 1. The highest BCUT2D eigenvalue weighted by atomic mass is 16.2. The number of amides is 1. The third-order valence-electron chi connectivity index (χ3n) is 4.01. The van der Waals surface area contributed by atoms with Crippen molar-refractivity contribution in [3.05, 3.63) is 0 Å². The van der Waals surface area contributed by atoms with Gasteiger partial charge in [0.1, 0.15) is 0 Å². The van der Waals surface area contributed by atoms with E-state index >= 15 is 0 Å². The molecule has 2 unspecified atom stereocenters. The minimum Gasteiger partial charge on any atom is -0.326 e. The summed E-state index contributed by atoms with van der Waals surface area (Å²) >= 11 is 0. The minimum absolute atomic E-state index is 0.0787. The van der Waals surface area contributed by atoms with Crippen molar-refractivity contribution in [2.45, 2.75) is 84.8 Å². The van der Waals surface area contributed by atoms with E-state index in [1.807, 2.05) is 0 Å². The highest BCUT2D eigenvalue weighted by Crippen LogP contribution is 2.19. The summed E-state index contributed by atoms with van der Waals surface area (Å²) in [4.78, 5) is 14.5. The van der Waals surface area contributed by atoms with Gasteiger partial charge in [0.2, 0.25) is 5.91 Å². The first kappa shape index (κ1) is 16.5. The van der Waals surface area contributed by atoms with Gasteiger partial charge in [0.15, 0.2) is 0 Å². The molecule has 1 aliphatic heterocycles. The Morgan fingerprint density at radius 2 is 1.95 bits per heavy atom. The lowest BCUT2D eigenvalue weighted by atomic mass is 10.1. The van der Waals surface area contributed by atoms with Gasteiger partial charge in [0, 0.05) is 6.54 Å². The van der Waals surface area contributed by atoms with Gasteiger partial charge in [-0.3, -0.25) is 10.1 Å². The van der Waals surface area contributed by atoms with Gasteiger partial charge in [-0.1, -0.05) is 53.4 Å². The molecule has 3 nitrogen and oxygen atoms in total. The van der Waals surface area contributed by atoms with Crippen LogP contribution < -0.4 is 5.32 Å². The monoisotopic (exact) mass is 268 g/mol. The van der Waals surface area contributed by atoms with Gasteiger partial charge in [0.25, 0.3) is 0 Å². The summed E-state index contributed by atoms with van der Waals surface area (Å²) in [5.41, 5.74) is 0. The molecule has 0 saturated carbocycles. The smallest absolute Gasteiger partial charge is 0.241 e. The van der Waals surface area contributed by atoms with Gasteiger partial charge in [-0.2, -0.15) is 0 Å². The van der Waals surface area contributed by atoms with Crippen molar-refractivity contribution in [1.29, 1.82) is 0 Å². The summed E-state index contributed by atoms with van der Waals surface area (Å²) in [5.74, 6) is 1.11. The van der Waals surface area contributed by atoms with E-state index in [2.05, 4.69) is 37.9 Å². The SMILES string of the molecule is CCCCC1NC(CC)N(CCCCC(C)C)C1=O. The van der Waals surface area contributed by atoms with E-state index in [0.717, 1.165) is 44.6 Å². The van der Waals surface area contributed by atoms with Crippen LogP contribution in [0.4, 0.5) is 0 Å². The van der Waals surface area contributed by atoms with E-state index in [1.165, 1.54) is 12.8 Å². The highest BCUT2D eigenvalue weighted by molar-refractivity contribution is 5.84. The van der Waals surface area contributed by atoms with Gasteiger partial charge < -0.3 is 4.90 Å². The van der Waals surface area contributed by atoms with Crippen molar-refractivity contribution >= 4 is 5.91 Å². The molecule has 112 valence electrons. The van der Waals surface area contributed by atoms with E-state index in [-0.39, 0.29) is 12.2 Å². The first-order valence-electron chi connectivity index (χ1n) is 8.16. The molecular weight excluding hydrogens is 236 g/mol. The summed E-state index contributed by atoms with van der Waals surface area (Å²) in [6.45, 7) is 9.80. The predicted molar refractivity (Wildman–Crippen MR) is 80.9 cm³/mol. The summed E-state index contributed by atoms with van der Waals surface area (Å²) in [7, 11) is 0. The van der Waals surface area contributed by atoms with Crippen LogP contribution in [0.2, 0.25) is 0 Å². The Hall–Kier alpha value is -0.570. The molecule has 2 atom stereocenters. The van der Waals surface area contributed by atoms with Gasteiger partial charge in [-0.25, -0.2) is 0 Å². The van der Waals surface area contributed by atoms with Crippen molar-refractivity contribution < 1.29 is 4.79 Å². The average molecular weight is 268 g/mol. The zero-order valence-electron chi connectivity index (χ0n) is 13.2. The van der Waals surface area contributed by atoms with Crippen LogP contribution in [-0.4, -0.2) is 29.6 Å². The van der Waals surface area contributed by atoms with Crippen LogP contribution in [0.3, 0.4) is 0 Å². The average Bonchev–Trinajstić information content (AvgIpc) is 2.68. The number of rotatable bonds is 9. The molecule has 1 aliphatic rings. The van der Waals surface area contributed by atoms with Crippen LogP contribution in [0.15, 0.2) is 0 Å². The zero-order valence-corrected chi connectivity index (χ0v) is 13.2. The molecule has 0 aromatic rings. The Morgan fingerprint density at radius 1 is 1.21 bits per heavy atom. The van der Waals surface area contributed by atoms with Gasteiger partial charge in [0.05, 0.1) is 12.2 Å². The molecule has 19 heavy (non-hydrogen) atoms. The van der Waals surface area contributed by atoms with Crippen LogP contribution in [0.25, 0.3) is 0 Å². The van der Waals surface area contributed by atoms with Crippen LogP contribution in [0.5, 0.6) is 0 Å². The molecule has 0 spiro atoms. The molecule has 0 aromatic carbocycles. The molecule has 0 aromatic heterocycles. The second-order valence-corrected chi connectivity index (χ2v) is 6.21. The Morgan fingerprint density at radius 3 is 2.53 bits per heavy atom. The third kappa shape index (κ3) is 5.13. The summed E-state index contributed by atoms with van der Waals surface area (Å²) in [6.07, 6.45) is 8.23. The van der Waals surface area contributed by atoms with Crippen LogP contribution in [-0.2, 0) is 4.79 Å². The summed E-state index contributed by atoms with van der Waals surface area (Å²) < 4.78 is 0. The van der Waals surface area contributed by atoms with Gasteiger partial charge in [-0.05, 0) is 25.2 Å². The maximum atomic E-state index is 12.4. The van der Waals surface area contributed by atoms with Crippen molar-refractivity contribution in [3.63, 3.8) is 0 Å². The maximum Gasteiger partial charge on any atom is 0.241 e. The molecule has 1 rings (SSSR count). The van der Waals surface area contributed by atoms with Crippen molar-refractivity contribution in [2.75, 3.05) is 6.54 Å². The molecule has 1 saturated heterocycles. The first-order chi connectivity index (χ1) is 9.10. The number of nitrogens with zero attached hydrogens (tertiary/aromatic N) is 1. The van der Waals surface area contributed by atoms with Crippen LogP contribution in [0, 0.1) is 5.92 Å². The maximum absolute atomic E-state index is 12.4. The van der Waals surface area contributed by atoms with Crippen molar-refractivity contribution in [2.24, 2.45) is 5.92 Å². The van der Waals surface area contributed by atoms with Crippen molar-refractivity contribution in [3.8, 4) is 0 Å². The van der Waals surface area contributed by atoms with E-state index < -0.39 is 0 Å². The topological polar surface area (TPSA) is 32.3 Å². The Balaban J connectivity index is 2.39. The lowest BCUT2D eigenvalue weighted by Crippen LogP contribution is -2.37. The van der Waals surface area contributed by atoms with Crippen LogP contribution in [0.1, 0.15) is 72.6 Å². The highest BCUT2D eigenvalue weighted by Gasteiger charge is 2.36. The summed E-state index contributed by atoms with van der Waals surface area (Å²) in [5, 5.41) is 3.50. The zero-order chi connectivity index (χ0) is 14.3. The van der Waals surface area contributed by atoms with E-state index in [4.69, 9.17) is 0 Å². The molecule has 0 radical (unpaired) electrons. The largest absolute Gasteiger partial charge is 0.326 e. The van der Waals surface area contributed by atoms with E-state index in [1.54, 1.807) is 0 Å². The Labute approximate surface area is 119 Å². The Kier molecular flexibility index (Phi) is 7.44. The number of carbonyl (C=O) groups is 1. The second-order valence-electron chi connectivity index (χ2n) is 6.21. The number of unbranched alkanes of at least 4 members (excludes halogenated alkanes) is 2. The van der Waals surface area contributed by atoms with Crippen molar-refractivity contribution in [1.82, 2.24) is 10.2 Å². The molecular formula is C16H32N2O. The first-order valence-corrected chi connectivity index (χ1v) is 8.16. The number of hydrogen-bond donors (Lipinski definition) is 1. The third-order valence-corrected chi connectivity index (χ3v) is 4.01. The summed E-state index contributed by atoms with van der Waals surface area (Å²) in [6, 6.07) is 0.0787. The van der Waals surface area contributed by atoms with Crippen LogP contribution >= 0.6 is 0 Å². The lowest BCUT2D eigenvalue weighted by Gasteiger charge is -2.23. The van der Waals surface area contributed by atoms with E-state index in [9.17, 15) is 4.79 Å². The second kappa shape index (κ2) is 8.57. The number of hydrogen-bond acceptors (Lipinski definition) is 2. The normalized spacial score (nSPS) is 23.6. The molecule has 1 heterocycles. The molecule has 1 fully saturated rings. The lowest BCUT2D eigenvalue weighted by molar-refractivity contribution is -0.130. The molecule has 0 aliphatic carbocycles. The predicted octanol–water partition coefficient (Wildman–Crippen LogP) is 3.54.